The third-order valence-corrected chi connectivity index (χ3v) is 2.32. The van der Waals surface area contributed by atoms with Crippen molar-refractivity contribution in [3.63, 3.8) is 0 Å². The minimum atomic E-state index is 1.34. The molecule has 0 nitrogen and oxygen atoms in total. The molecule has 1 rings (SSSR count). The van der Waals surface area contributed by atoms with E-state index in [1.165, 1.54) is 10.4 Å². The van der Waals surface area contributed by atoms with Crippen LogP contribution in [0, 0.1) is 6.92 Å². The van der Waals surface area contributed by atoms with Crippen molar-refractivity contribution in [2.24, 2.45) is 0 Å². The fourth-order valence-electron chi connectivity index (χ4n) is 0.539. The van der Waals surface area contributed by atoms with Gasteiger partial charge in [-0.25, -0.2) is 0 Å². The van der Waals surface area contributed by atoms with Crippen LogP contribution in [-0.2, 0) is 20.0 Å². The second-order valence-electron chi connectivity index (χ2n) is 1.64. The average Bonchev–Trinajstić information content (AvgIpc) is 2.14. The Bertz CT molecular complexity index is 190. The summed E-state index contributed by atoms with van der Waals surface area (Å²) >= 11 is 3.85. The molecule has 2 heteroatoms. The van der Waals surface area contributed by atoms with Crippen molar-refractivity contribution < 1.29 is 20.0 Å². The van der Waals surface area contributed by atoms with Crippen molar-refractivity contribution in [1.29, 1.82) is 0 Å². The Morgan fingerprint density at radius 3 is 2.75 bits per heavy atom. The molecule has 0 aliphatic rings. The van der Waals surface area contributed by atoms with Crippen molar-refractivity contribution >= 4 is 15.7 Å². The van der Waals surface area contributed by atoms with E-state index in [9.17, 15) is 0 Å². The predicted molar refractivity (Wildman–Crippen MR) is 34.2 cm³/mol. The molecule has 1 aromatic heterocycles. The minimum absolute atomic E-state index is 1.34. The molecule has 0 bridgehead atoms. The first-order valence-corrected chi connectivity index (χ1v) is 4.16. The Kier molecular flexibility index (Phi) is 2.18. The zero-order chi connectivity index (χ0) is 5.98. The normalized spacial score (nSPS) is 9.00. The Labute approximate surface area is 64.5 Å². The Hall–Kier alpha value is 0.284. The second-order valence-corrected chi connectivity index (χ2v) is 3.20. The van der Waals surface area contributed by atoms with Gasteiger partial charge in [0.15, 0.2) is 0 Å². The number of hydrogen-bond donors (Lipinski definition) is 0. The Balaban J connectivity index is 3.00. The van der Waals surface area contributed by atoms with Gasteiger partial charge in [-0.05, 0) is 0 Å². The van der Waals surface area contributed by atoms with Crippen LogP contribution < -0.4 is 0 Å². The molecule has 8 heavy (non-hydrogen) atoms. The van der Waals surface area contributed by atoms with E-state index in [2.05, 4.69) is 42.7 Å². The fraction of sp³-hybridized carbons (Fsp3) is 0.167. The number of hydrogen-bond acceptors (Lipinski definition) is 1. The Morgan fingerprint density at radius 2 is 2.50 bits per heavy atom. The van der Waals surface area contributed by atoms with Crippen LogP contribution in [0.5, 0.6) is 0 Å². The van der Waals surface area contributed by atoms with Crippen molar-refractivity contribution in [1.82, 2.24) is 0 Å². The maximum absolute atomic E-state index is 2.19. The van der Waals surface area contributed by atoms with Gasteiger partial charge in [0.25, 0.3) is 0 Å². The molecule has 0 saturated heterocycles. The van der Waals surface area contributed by atoms with E-state index in [-0.39, 0.29) is 0 Å². The predicted octanol–water partition coefficient (Wildman–Crippen LogP) is 1.75. The van der Waals surface area contributed by atoms with Gasteiger partial charge in [-0.1, -0.05) is 0 Å². The molecule has 0 aliphatic heterocycles. The van der Waals surface area contributed by atoms with E-state index in [0.717, 1.165) is 0 Å². The van der Waals surface area contributed by atoms with E-state index < -0.39 is 0 Å². The summed E-state index contributed by atoms with van der Waals surface area (Å²) in [6.07, 6.45) is 0. The summed E-state index contributed by atoms with van der Waals surface area (Å²) in [6, 6.07) is 2.19. The zero-order valence-corrected chi connectivity index (χ0v) is 7.02. The molecular weight excluding hydrogens is 152 g/mol. The fourth-order valence-corrected chi connectivity index (χ4v) is 1.65. The molecule has 0 atom stereocenters. The van der Waals surface area contributed by atoms with Crippen LogP contribution in [0.25, 0.3) is 0 Å². The molecule has 0 saturated carbocycles. The molecular formula is C6H6STi. The van der Waals surface area contributed by atoms with E-state index in [1.807, 2.05) is 0 Å². The summed E-state index contributed by atoms with van der Waals surface area (Å²) in [7, 11) is 0. The third kappa shape index (κ3) is 1.38. The first kappa shape index (κ1) is 6.40. The standard InChI is InChI=1S/C6H6S.Ti/c1-5-3-6(2)7-4-5;/h1,3-4H,2H3;. The summed E-state index contributed by atoms with van der Waals surface area (Å²) < 4.78 is 2.11. The van der Waals surface area contributed by atoms with Crippen LogP contribution in [0.4, 0.5) is 0 Å². The molecule has 0 aliphatic carbocycles. The SMILES string of the molecule is Cc1cc([CH]=[Ti])cs1. The van der Waals surface area contributed by atoms with Gasteiger partial charge in [-0.3, -0.25) is 0 Å². The van der Waals surface area contributed by atoms with Crippen LogP contribution >= 0.6 is 11.3 Å². The van der Waals surface area contributed by atoms with E-state index in [4.69, 9.17) is 0 Å². The van der Waals surface area contributed by atoms with Gasteiger partial charge in [0, 0.05) is 0 Å². The molecule has 0 aromatic carbocycles. The van der Waals surface area contributed by atoms with E-state index in [1.54, 1.807) is 11.3 Å². The molecule has 0 amide bonds. The van der Waals surface area contributed by atoms with Crippen LogP contribution in [-0.4, -0.2) is 4.31 Å². The first-order valence-electron chi connectivity index (χ1n) is 2.38. The van der Waals surface area contributed by atoms with Gasteiger partial charge < -0.3 is 0 Å². The van der Waals surface area contributed by atoms with Crippen molar-refractivity contribution in [3.05, 3.63) is 21.9 Å². The van der Waals surface area contributed by atoms with Crippen LogP contribution in [0.1, 0.15) is 10.4 Å². The quantitative estimate of drug-likeness (QED) is 0.546. The Morgan fingerprint density at radius 1 is 1.75 bits per heavy atom. The summed E-state index contributed by atoms with van der Waals surface area (Å²) in [6.45, 7) is 2.12. The number of rotatable bonds is 1. The topological polar surface area (TPSA) is 0 Å². The summed E-state index contributed by atoms with van der Waals surface area (Å²) in [4.78, 5) is 1.39. The summed E-state index contributed by atoms with van der Waals surface area (Å²) in [5.74, 6) is 0. The molecule has 40 valence electrons. The second kappa shape index (κ2) is 2.72. The van der Waals surface area contributed by atoms with Crippen LogP contribution in [0.3, 0.4) is 0 Å². The average molecular weight is 158 g/mol. The summed E-state index contributed by atoms with van der Waals surface area (Å²) in [5.41, 5.74) is 1.34. The van der Waals surface area contributed by atoms with Gasteiger partial charge in [0.1, 0.15) is 0 Å². The van der Waals surface area contributed by atoms with Gasteiger partial charge in [0.05, 0.1) is 0 Å². The molecule has 0 fully saturated rings. The molecule has 0 spiro atoms. The first-order chi connectivity index (χ1) is 3.83. The molecule has 0 N–H and O–H groups in total. The molecule has 1 aromatic rings. The van der Waals surface area contributed by atoms with Crippen LogP contribution in [0.15, 0.2) is 11.4 Å². The van der Waals surface area contributed by atoms with Crippen molar-refractivity contribution in [2.45, 2.75) is 6.92 Å². The molecule has 1 heterocycles. The van der Waals surface area contributed by atoms with E-state index >= 15 is 0 Å². The van der Waals surface area contributed by atoms with Gasteiger partial charge >= 0.3 is 64.4 Å². The van der Waals surface area contributed by atoms with E-state index in [0.29, 0.717) is 0 Å². The summed E-state index contributed by atoms with van der Waals surface area (Å²) in [5, 5.41) is 2.16. The maximum atomic E-state index is 2.19. The number of thiophene rings is 1. The monoisotopic (exact) mass is 158 g/mol. The van der Waals surface area contributed by atoms with Crippen LogP contribution in [0.2, 0.25) is 0 Å². The van der Waals surface area contributed by atoms with Gasteiger partial charge in [-0.15, -0.1) is 0 Å². The van der Waals surface area contributed by atoms with Crippen molar-refractivity contribution in [2.75, 3.05) is 0 Å². The van der Waals surface area contributed by atoms with Gasteiger partial charge in [0.2, 0.25) is 0 Å². The van der Waals surface area contributed by atoms with Crippen molar-refractivity contribution in [3.8, 4) is 0 Å². The van der Waals surface area contributed by atoms with Gasteiger partial charge in [-0.2, -0.15) is 0 Å². The third-order valence-electron chi connectivity index (χ3n) is 0.917. The number of aryl methyl sites for hydroxylation is 1. The zero-order valence-electron chi connectivity index (χ0n) is 4.64. The molecule has 0 radical (unpaired) electrons. The molecule has 0 unspecified atom stereocenters.